The number of thiophene rings is 1. The first kappa shape index (κ1) is 15.4. The Bertz CT molecular complexity index is 686. The SMILES string of the molecule is CC(C)c1csc(NC(=O)c2sccc2C=CC(=O)O)n1. The van der Waals surface area contributed by atoms with Crippen molar-refractivity contribution in [3.8, 4) is 0 Å². The average molecular weight is 322 g/mol. The number of nitrogens with one attached hydrogen (secondary N) is 1. The summed E-state index contributed by atoms with van der Waals surface area (Å²) in [7, 11) is 0. The normalized spacial score (nSPS) is 11.2. The molecule has 7 heteroatoms. The second-order valence-electron chi connectivity index (χ2n) is 4.56. The maximum atomic E-state index is 12.2. The minimum absolute atomic E-state index is 0.278. The fraction of sp³-hybridized carbons (Fsp3) is 0.214. The van der Waals surface area contributed by atoms with E-state index in [1.54, 1.807) is 11.4 Å². The molecule has 2 rings (SSSR count). The molecule has 0 aromatic carbocycles. The van der Waals surface area contributed by atoms with Crippen molar-refractivity contribution in [2.45, 2.75) is 19.8 Å². The molecule has 0 fully saturated rings. The molecule has 2 aromatic rings. The Kier molecular flexibility index (Phi) is 4.87. The Morgan fingerprint density at radius 1 is 1.38 bits per heavy atom. The Balaban J connectivity index is 2.13. The highest BCUT2D eigenvalue weighted by molar-refractivity contribution is 7.14. The van der Waals surface area contributed by atoms with Gasteiger partial charge >= 0.3 is 5.97 Å². The van der Waals surface area contributed by atoms with Crippen LogP contribution >= 0.6 is 22.7 Å². The van der Waals surface area contributed by atoms with Gasteiger partial charge in [-0.3, -0.25) is 10.1 Å². The second kappa shape index (κ2) is 6.64. The molecule has 110 valence electrons. The minimum Gasteiger partial charge on any atom is -0.478 e. The molecule has 0 bridgehead atoms. The number of carbonyl (C=O) groups is 2. The lowest BCUT2D eigenvalue weighted by Gasteiger charge is -2.01. The van der Waals surface area contributed by atoms with E-state index in [0.717, 1.165) is 11.8 Å². The summed E-state index contributed by atoms with van der Waals surface area (Å²) < 4.78 is 0. The standard InChI is InChI=1S/C14H14N2O3S2/c1-8(2)10-7-21-14(15-10)16-13(19)12-9(5-6-20-12)3-4-11(17)18/h3-8H,1-2H3,(H,17,18)(H,15,16,19). The molecule has 0 aliphatic heterocycles. The first-order valence-corrected chi connectivity index (χ1v) is 7.98. The zero-order valence-corrected chi connectivity index (χ0v) is 13.1. The average Bonchev–Trinajstić information content (AvgIpc) is 3.04. The maximum absolute atomic E-state index is 12.2. The zero-order chi connectivity index (χ0) is 15.4. The third-order valence-corrected chi connectivity index (χ3v) is 4.35. The van der Waals surface area contributed by atoms with E-state index in [2.05, 4.69) is 10.3 Å². The smallest absolute Gasteiger partial charge is 0.328 e. The van der Waals surface area contributed by atoms with Crippen molar-refractivity contribution in [2.75, 3.05) is 5.32 Å². The molecule has 1 amide bonds. The number of carboxylic acid groups (broad SMARTS) is 1. The molecule has 5 nitrogen and oxygen atoms in total. The highest BCUT2D eigenvalue weighted by Gasteiger charge is 2.14. The summed E-state index contributed by atoms with van der Waals surface area (Å²) in [5.74, 6) is -1.02. The molecule has 0 aliphatic carbocycles. The number of nitrogens with zero attached hydrogens (tertiary/aromatic N) is 1. The van der Waals surface area contributed by atoms with Crippen LogP contribution in [0.5, 0.6) is 0 Å². The van der Waals surface area contributed by atoms with Crippen LogP contribution in [-0.4, -0.2) is 22.0 Å². The molecule has 2 heterocycles. The van der Waals surface area contributed by atoms with Gasteiger partial charge in [0.05, 0.1) is 10.6 Å². The van der Waals surface area contributed by atoms with Gasteiger partial charge in [0.1, 0.15) is 0 Å². The van der Waals surface area contributed by atoms with Crippen molar-refractivity contribution in [3.05, 3.63) is 39.0 Å². The van der Waals surface area contributed by atoms with Gasteiger partial charge in [-0.15, -0.1) is 22.7 Å². The molecule has 2 N–H and O–H groups in total. The van der Waals surface area contributed by atoms with Crippen LogP contribution in [0.2, 0.25) is 0 Å². The Morgan fingerprint density at radius 3 is 2.76 bits per heavy atom. The summed E-state index contributed by atoms with van der Waals surface area (Å²) in [5.41, 5.74) is 1.52. The van der Waals surface area contributed by atoms with Crippen LogP contribution in [0.1, 0.15) is 40.7 Å². The monoisotopic (exact) mass is 322 g/mol. The van der Waals surface area contributed by atoms with Crippen molar-refractivity contribution in [2.24, 2.45) is 0 Å². The number of carbonyl (C=O) groups excluding carboxylic acids is 1. The predicted molar refractivity (Wildman–Crippen MR) is 85.1 cm³/mol. The number of anilines is 1. The third-order valence-electron chi connectivity index (χ3n) is 2.64. The van der Waals surface area contributed by atoms with E-state index >= 15 is 0 Å². The largest absolute Gasteiger partial charge is 0.478 e. The Hall–Kier alpha value is -1.99. The summed E-state index contributed by atoms with van der Waals surface area (Å²) in [6.07, 6.45) is 2.42. The molecule has 0 radical (unpaired) electrons. The van der Waals surface area contributed by atoms with Crippen LogP contribution in [0.25, 0.3) is 6.08 Å². The molecule has 2 aromatic heterocycles. The first-order chi connectivity index (χ1) is 9.97. The number of hydrogen-bond donors (Lipinski definition) is 2. The summed E-state index contributed by atoms with van der Waals surface area (Å²) in [6, 6.07) is 1.71. The van der Waals surface area contributed by atoms with Crippen LogP contribution in [0, 0.1) is 0 Å². The van der Waals surface area contributed by atoms with Gasteiger partial charge in [0, 0.05) is 11.5 Å². The molecule has 21 heavy (non-hydrogen) atoms. The van der Waals surface area contributed by atoms with E-state index in [9.17, 15) is 9.59 Å². The van der Waals surface area contributed by atoms with Crippen LogP contribution in [0.3, 0.4) is 0 Å². The second-order valence-corrected chi connectivity index (χ2v) is 6.34. The van der Waals surface area contributed by atoms with Crippen LogP contribution in [-0.2, 0) is 4.79 Å². The van der Waals surface area contributed by atoms with Crippen LogP contribution in [0.4, 0.5) is 5.13 Å². The summed E-state index contributed by atoms with van der Waals surface area (Å²) in [6.45, 7) is 4.07. The molecule has 0 unspecified atom stereocenters. The van der Waals surface area contributed by atoms with Crippen molar-refractivity contribution in [3.63, 3.8) is 0 Å². The van der Waals surface area contributed by atoms with E-state index in [4.69, 9.17) is 5.11 Å². The lowest BCUT2D eigenvalue weighted by molar-refractivity contribution is -0.131. The number of hydrogen-bond acceptors (Lipinski definition) is 5. The van der Waals surface area contributed by atoms with Gasteiger partial charge in [-0.1, -0.05) is 13.8 Å². The first-order valence-electron chi connectivity index (χ1n) is 6.22. The zero-order valence-electron chi connectivity index (χ0n) is 11.5. The van der Waals surface area contributed by atoms with Crippen LogP contribution in [0.15, 0.2) is 22.9 Å². The van der Waals surface area contributed by atoms with Crippen LogP contribution < -0.4 is 5.32 Å². The molecule has 0 atom stereocenters. The number of rotatable bonds is 5. The fourth-order valence-corrected chi connectivity index (χ4v) is 3.21. The van der Waals surface area contributed by atoms with Gasteiger partial charge in [0.15, 0.2) is 5.13 Å². The highest BCUT2D eigenvalue weighted by atomic mass is 32.1. The van der Waals surface area contributed by atoms with Crippen molar-refractivity contribution < 1.29 is 14.7 Å². The Labute approximate surface area is 130 Å². The van der Waals surface area contributed by atoms with E-state index in [-0.39, 0.29) is 5.91 Å². The number of thiazole rings is 1. The number of aliphatic carboxylic acids is 1. The van der Waals surface area contributed by atoms with Crippen molar-refractivity contribution >= 4 is 45.8 Å². The molecular weight excluding hydrogens is 308 g/mol. The Morgan fingerprint density at radius 2 is 2.14 bits per heavy atom. The number of aromatic nitrogens is 1. The molecule has 0 spiro atoms. The summed E-state index contributed by atoms with van der Waals surface area (Å²) in [4.78, 5) is 27.6. The molecule has 0 aliphatic rings. The lowest BCUT2D eigenvalue weighted by Crippen LogP contribution is -2.11. The lowest BCUT2D eigenvalue weighted by atomic mass is 10.2. The number of carboxylic acids is 1. The topological polar surface area (TPSA) is 79.3 Å². The fourth-order valence-electron chi connectivity index (χ4n) is 1.56. The van der Waals surface area contributed by atoms with E-state index in [1.165, 1.54) is 28.7 Å². The third kappa shape index (κ3) is 3.99. The summed E-state index contributed by atoms with van der Waals surface area (Å²) in [5, 5.41) is 15.6. The predicted octanol–water partition coefficient (Wildman–Crippen LogP) is 3.68. The quantitative estimate of drug-likeness (QED) is 0.823. The van der Waals surface area contributed by atoms with Gasteiger partial charge < -0.3 is 5.11 Å². The highest BCUT2D eigenvalue weighted by Crippen LogP contribution is 2.24. The van der Waals surface area contributed by atoms with Gasteiger partial charge in [0.25, 0.3) is 5.91 Å². The minimum atomic E-state index is -1.05. The maximum Gasteiger partial charge on any atom is 0.328 e. The van der Waals surface area contributed by atoms with E-state index in [0.29, 0.717) is 21.5 Å². The van der Waals surface area contributed by atoms with Crippen molar-refractivity contribution in [1.29, 1.82) is 0 Å². The van der Waals surface area contributed by atoms with Gasteiger partial charge in [-0.2, -0.15) is 0 Å². The molecule has 0 saturated carbocycles. The van der Waals surface area contributed by atoms with Gasteiger partial charge in [0.2, 0.25) is 0 Å². The van der Waals surface area contributed by atoms with E-state index in [1.807, 2.05) is 19.2 Å². The summed E-state index contributed by atoms with van der Waals surface area (Å²) >= 11 is 2.64. The van der Waals surface area contributed by atoms with Gasteiger partial charge in [-0.25, -0.2) is 9.78 Å². The van der Waals surface area contributed by atoms with Gasteiger partial charge in [-0.05, 0) is 29.0 Å². The number of amides is 1. The van der Waals surface area contributed by atoms with Crippen molar-refractivity contribution in [1.82, 2.24) is 4.98 Å². The van der Waals surface area contributed by atoms with E-state index < -0.39 is 5.97 Å². The molecular formula is C14H14N2O3S2. The molecule has 0 saturated heterocycles.